The summed E-state index contributed by atoms with van der Waals surface area (Å²) in [6.07, 6.45) is 1.70. The zero-order valence-corrected chi connectivity index (χ0v) is 12.6. The maximum absolute atomic E-state index is 5.31. The van der Waals surface area contributed by atoms with Gasteiger partial charge in [0, 0.05) is 22.4 Å². The largest absolute Gasteiger partial charge is 0.454 e. The maximum Gasteiger partial charge on any atom is 0.231 e. The molecule has 5 nitrogen and oxygen atoms in total. The van der Waals surface area contributed by atoms with Crippen molar-refractivity contribution < 1.29 is 9.47 Å². The van der Waals surface area contributed by atoms with Crippen LogP contribution in [0.1, 0.15) is 0 Å². The van der Waals surface area contributed by atoms with Crippen LogP contribution < -0.4 is 20.1 Å². The highest BCUT2D eigenvalue weighted by Crippen LogP contribution is 2.34. The second kappa shape index (κ2) is 5.64. The minimum Gasteiger partial charge on any atom is -0.454 e. The SMILES string of the molecule is S=C(Nc1ccc2c(c1)OCO2)Nc1ccc(Br)cn1. The third-order valence-corrected chi connectivity index (χ3v) is 3.27. The Morgan fingerprint density at radius 3 is 2.80 bits per heavy atom. The molecule has 0 unspecified atom stereocenters. The summed E-state index contributed by atoms with van der Waals surface area (Å²) in [5.74, 6) is 2.12. The van der Waals surface area contributed by atoms with Gasteiger partial charge >= 0.3 is 0 Å². The number of halogens is 1. The number of benzene rings is 1. The minimum absolute atomic E-state index is 0.254. The van der Waals surface area contributed by atoms with Gasteiger partial charge in [-0.3, -0.25) is 0 Å². The summed E-state index contributed by atoms with van der Waals surface area (Å²) < 4.78 is 11.5. The number of ether oxygens (including phenoxy) is 2. The summed E-state index contributed by atoms with van der Waals surface area (Å²) in [5, 5.41) is 6.53. The average Bonchev–Trinajstić information content (AvgIpc) is 2.89. The van der Waals surface area contributed by atoms with Gasteiger partial charge in [0.1, 0.15) is 5.82 Å². The predicted octanol–water partition coefficient (Wildman–Crippen LogP) is 3.38. The Labute approximate surface area is 129 Å². The number of rotatable bonds is 2. The van der Waals surface area contributed by atoms with Gasteiger partial charge in [0.2, 0.25) is 6.79 Å². The molecule has 0 radical (unpaired) electrons. The molecular formula is C13H10BrN3O2S. The molecule has 102 valence electrons. The molecule has 0 atom stereocenters. The highest BCUT2D eigenvalue weighted by Gasteiger charge is 2.13. The molecule has 2 N–H and O–H groups in total. The highest BCUT2D eigenvalue weighted by atomic mass is 79.9. The molecule has 0 saturated carbocycles. The maximum atomic E-state index is 5.31. The van der Waals surface area contributed by atoms with Gasteiger partial charge in [0.25, 0.3) is 0 Å². The van der Waals surface area contributed by atoms with E-state index in [1.165, 1.54) is 0 Å². The summed E-state index contributed by atoms with van der Waals surface area (Å²) in [4.78, 5) is 4.19. The molecule has 3 rings (SSSR count). The lowest BCUT2D eigenvalue weighted by Gasteiger charge is -2.10. The van der Waals surface area contributed by atoms with Crippen molar-refractivity contribution >= 4 is 44.8 Å². The molecule has 7 heteroatoms. The van der Waals surface area contributed by atoms with Gasteiger partial charge in [-0.05, 0) is 52.4 Å². The smallest absolute Gasteiger partial charge is 0.231 e. The molecule has 20 heavy (non-hydrogen) atoms. The zero-order chi connectivity index (χ0) is 13.9. The first-order valence-electron chi connectivity index (χ1n) is 5.80. The third-order valence-electron chi connectivity index (χ3n) is 2.60. The fourth-order valence-electron chi connectivity index (χ4n) is 1.70. The lowest BCUT2D eigenvalue weighted by molar-refractivity contribution is 0.174. The van der Waals surface area contributed by atoms with Crippen LogP contribution in [-0.4, -0.2) is 16.9 Å². The summed E-state index contributed by atoms with van der Waals surface area (Å²) in [6.45, 7) is 0.254. The Morgan fingerprint density at radius 1 is 1.15 bits per heavy atom. The van der Waals surface area contributed by atoms with Crippen LogP contribution in [0.15, 0.2) is 41.0 Å². The summed E-state index contributed by atoms with van der Waals surface area (Å²) in [6, 6.07) is 9.27. The monoisotopic (exact) mass is 351 g/mol. The normalized spacial score (nSPS) is 12.1. The van der Waals surface area contributed by atoms with Gasteiger partial charge in [-0.1, -0.05) is 0 Å². The van der Waals surface area contributed by atoms with Crippen molar-refractivity contribution in [1.82, 2.24) is 4.98 Å². The Balaban J connectivity index is 1.65. The topological polar surface area (TPSA) is 55.4 Å². The molecule has 0 aliphatic carbocycles. The second-order valence-corrected chi connectivity index (χ2v) is 5.33. The molecule has 0 saturated heterocycles. The first-order chi connectivity index (χ1) is 9.70. The molecule has 1 aromatic carbocycles. The fraction of sp³-hybridized carbons (Fsp3) is 0.0769. The van der Waals surface area contributed by atoms with Crippen molar-refractivity contribution in [2.24, 2.45) is 0 Å². The molecule has 0 spiro atoms. The quantitative estimate of drug-likeness (QED) is 0.809. The van der Waals surface area contributed by atoms with Gasteiger partial charge in [0.05, 0.1) is 0 Å². The summed E-state index contributed by atoms with van der Waals surface area (Å²) >= 11 is 8.56. The van der Waals surface area contributed by atoms with Crippen LogP contribution in [0.2, 0.25) is 0 Å². The van der Waals surface area contributed by atoms with Crippen LogP contribution in [0.5, 0.6) is 11.5 Å². The van der Waals surface area contributed by atoms with Gasteiger partial charge in [-0.2, -0.15) is 0 Å². The third kappa shape index (κ3) is 3.00. The molecule has 2 aromatic rings. The van der Waals surface area contributed by atoms with E-state index in [0.717, 1.165) is 15.9 Å². The van der Waals surface area contributed by atoms with Gasteiger partial charge in [0.15, 0.2) is 16.6 Å². The average molecular weight is 352 g/mol. The zero-order valence-electron chi connectivity index (χ0n) is 10.2. The molecule has 0 bridgehead atoms. The number of pyridine rings is 1. The lowest BCUT2D eigenvalue weighted by atomic mass is 10.3. The van der Waals surface area contributed by atoms with E-state index >= 15 is 0 Å². The van der Waals surface area contributed by atoms with E-state index in [9.17, 15) is 0 Å². The molecule has 0 fully saturated rings. The predicted molar refractivity (Wildman–Crippen MR) is 84.3 cm³/mol. The number of hydrogen-bond donors (Lipinski definition) is 2. The first-order valence-corrected chi connectivity index (χ1v) is 7.00. The minimum atomic E-state index is 0.254. The van der Waals surface area contributed by atoms with E-state index in [4.69, 9.17) is 21.7 Å². The number of fused-ring (bicyclic) bond motifs is 1. The van der Waals surface area contributed by atoms with E-state index in [1.807, 2.05) is 30.3 Å². The van der Waals surface area contributed by atoms with Crippen LogP contribution in [-0.2, 0) is 0 Å². The highest BCUT2D eigenvalue weighted by molar-refractivity contribution is 9.10. The first kappa shape index (κ1) is 13.1. The Morgan fingerprint density at radius 2 is 2.00 bits per heavy atom. The molecule has 1 aliphatic rings. The Hall–Kier alpha value is -1.86. The number of thiocarbonyl (C=S) groups is 1. The molecule has 2 heterocycles. The number of aromatic nitrogens is 1. The molecule has 1 aliphatic heterocycles. The van der Waals surface area contributed by atoms with Crippen molar-refractivity contribution in [2.45, 2.75) is 0 Å². The van der Waals surface area contributed by atoms with Gasteiger partial charge in [-0.15, -0.1) is 0 Å². The van der Waals surface area contributed by atoms with Gasteiger partial charge < -0.3 is 20.1 Å². The van der Waals surface area contributed by atoms with Crippen molar-refractivity contribution in [2.75, 3.05) is 17.4 Å². The number of anilines is 2. The van der Waals surface area contributed by atoms with E-state index < -0.39 is 0 Å². The standard InChI is InChI=1S/C13H10BrN3O2S/c14-8-1-4-12(15-6-8)17-13(20)16-9-2-3-10-11(5-9)19-7-18-10/h1-6H,7H2,(H2,15,16,17,20). The Kier molecular flexibility index (Phi) is 3.70. The summed E-state index contributed by atoms with van der Waals surface area (Å²) in [7, 11) is 0. The van der Waals surface area contributed by atoms with Crippen LogP contribution in [0.3, 0.4) is 0 Å². The fourth-order valence-corrected chi connectivity index (χ4v) is 2.16. The second-order valence-electron chi connectivity index (χ2n) is 4.01. The van der Waals surface area contributed by atoms with Crippen LogP contribution in [0, 0.1) is 0 Å². The molecule has 1 aromatic heterocycles. The molecule has 0 amide bonds. The van der Waals surface area contributed by atoms with E-state index in [2.05, 4.69) is 31.5 Å². The number of nitrogens with one attached hydrogen (secondary N) is 2. The van der Waals surface area contributed by atoms with Crippen molar-refractivity contribution in [3.8, 4) is 11.5 Å². The van der Waals surface area contributed by atoms with Crippen molar-refractivity contribution in [3.05, 3.63) is 41.0 Å². The van der Waals surface area contributed by atoms with Crippen LogP contribution in [0.4, 0.5) is 11.5 Å². The van der Waals surface area contributed by atoms with Crippen LogP contribution in [0.25, 0.3) is 0 Å². The van der Waals surface area contributed by atoms with Crippen molar-refractivity contribution in [3.63, 3.8) is 0 Å². The lowest BCUT2D eigenvalue weighted by Crippen LogP contribution is -2.19. The van der Waals surface area contributed by atoms with E-state index in [0.29, 0.717) is 16.7 Å². The van der Waals surface area contributed by atoms with Gasteiger partial charge in [-0.25, -0.2) is 4.98 Å². The number of nitrogens with zero attached hydrogens (tertiary/aromatic N) is 1. The Bertz CT molecular complexity index is 649. The van der Waals surface area contributed by atoms with Crippen molar-refractivity contribution in [1.29, 1.82) is 0 Å². The van der Waals surface area contributed by atoms with E-state index in [1.54, 1.807) is 6.20 Å². The summed E-state index contributed by atoms with van der Waals surface area (Å²) in [5.41, 5.74) is 0.823. The van der Waals surface area contributed by atoms with Crippen LogP contribution >= 0.6 is 28.1 Å². The van der Waals surface area contributed by atoms with E-state index in [-0.39, 0.29) is 6.79 Å². The molecular weight excluding hydrogens is 342 g/mol. The number of hydrogen-bond acceptors (Lipinski definition) is 4.